The average molecular weight is 572 g/mol. The molecule has 1 atom stereocenters. The topological polar surface area (TPSA) is 117 Å². The van der Waals surface area contributed by atoms with Gasteiger partial charge in [-0.3, -0.25) is 9.59 Å². The molecule has 8 nitrogen and oxygen atoms in total. The van der Waals surface area contributed by atoms with E-state index in [-0.39, 0.29) is 47.1 Å². The molecule has 2 amide bonds. The van der Waals surface area contributed by atoms with Crippen molar-refractivity contribution in [1.29, 1.82) is 5.26 Å². The third-order valence-electron chi connectivity index (χ3n) is 6.41. The predicted octanol–water partition coefficient (Wildman–Crippen LogP) is 4.92. The van der Waals surface area contributed by atoms with Crippen LogP contribution in [0.4, 0.5) is 18.9 Å². The standard InChI is InChI=1S/C28H24F3N3O5S/c1-2-40(37,38)22-10-5-18(6-11-22)23(13-14-32)33-26(35)20-7-12-24-25(17-20)39-16-15-34(24)27(36)19-3-8-21(9-4-19)28(29,30)31/h3-12,17,23H,2,13,15-16H2,1H3,(H,33,35). The molecule has 40 heavy (non-hydrogen) atoms. The third kappa shape index (κ3) is 6.10. The molecular weight excluding hydrogens is 547 g/mol. The zero-order valence-electron chi connectivity index (χ0n) is 21.2. The van der Waals surface area contributed by atoms with Gasteiger partial charge in [0, 0.05) is 11.1 Å². The highest BCUT2D eigenvalue weighted by Crippen LogP contribution is 2.34. The van der Waals surface area contributed by atoms with Crippen molar-refractivity contribution in [3.63, 3.8) is 0 Å². The van der Waals surface area contributed by atoms with Gasteiger partial charge in [-0.2, -0.15) is 18.4 Å². The van der Waals surface area contributed by atoms with Gasteiger partial charge in [-0.15, -0.1) is 0 Å². The third-order valence-corrected chi connectivity index (χ3v) is 8.16. The summed E-state index contributed by atoms with van der Waals surface area (Å²) in [5, 5.41) is 12.0. The fourth-order valence-corrected chi connectivity index (χ4v) is 5.07. The lowest BCUT2D eigenvalue weighted by Gasteiger charge is -2.30. The number of carbonyl (C=O) groups excluding carboxylic acids is 2. The molecule has 0 saturated carbocycles. The van der Waals surface area contributed by atoms with Gasteiger partial charge < -0.3 is 15.0 Å². The van der Waals surface area contributed by atoms with Gasteiger partial charge in [0.25, 0.3) is 11.8 Å². The molecule has 0 aromatic heterocycles. The number of carbonyl (C=O) groups is 2. The number of hydrogen-bond acceptors (Lipinski definition) is 6. The normalized spacial score (nSPS) is 13.9. The summed E-state index contributed by atoms with van der Waals surface area (Å²) in [4.78, 5) is 27.6. The molecule has 4 rings (SSSR count). The Morgan fingerprint density at radius 3 is 2.30 bits per heavy atom. The van der Waals surface area contributed by atoms with Gasteiger partial charge >= 0.3 is 6.18 Å². The van der Waals surface area contributed by atoms with Gasteiger partial charge in [0.1, 0.15) is 12.4 Å². The lowest BCUT2D eigenvalue weighted by Crippen LogP contribution is -2.38. The van der Waals surface area contributed by atoms with Crippen LogP contribution in [0.5, 0.6) is 5.75 Å². The lowest BCUT2D eigenvalue weighted by molar-refractivity contribution is -0.137. The van der Waals surface area contributed by atoms with Crippen molar-refractivity contribution in [3.8, 4) is 11.8 Å². The molecule has 0 spiro atoms. The van der Waals surface area contributed by atoms with E-state index >= 15 is 0 Å². The molecule has 3 aromatic carbocycles. The monoisotopic (exact) mass is 571 g/mol. The molecule has 1 aliphatic heterocycles. The molecule has 12 heteroatoms. The second-order valence-electron chi connectivity index (χ2n) is 8.92. The summed E-state index contributed by atoms with van der Waals surface area (Å²) in [6, 6.07) is 15.6. The van der Waals surface area contributed by atoms with Gasteiger partial charge in [0.2, 0.25) is 0 Å². The molecule has 0 aliphatic carbocycles. The van der Waals surface area contributed by atoms with E-state index in [0.29, 0.717) is 11.3 Å². The van der Waals surface area contributed by atoms with E-state index in [4.69, 9.17) is 4.74 Å². The molecule has 1 heterocycles. The Morgan fingerprint density at radius 1 is 1.05 bits per heavy atom. The number of nitrogens with zero attached hydrogens (tertiary/aromatic N) is 2. The largest absolute Gasteiger partial charge is 0.490 e. The van der Waals surface area contributed by atoms with E-state index < -0.39 is 39.4 Å². The Bertz CT molecular complexity index is 1560. The summed E-state index contributed by atoms with van der Waals surface area (Å²) in [7, 11) is -3.40. The van der Waals surface area contributed by atoms with Gasteiger partial charge in [-0.1, -0.05) is 19.1 Å². The van der Waals surface area contributed by atoms with Gasteiger partial charge in [-0.05, 0) is 60.2 Å². The van der Waals surface area contributed by atoms with Crippen molar-refractivity contribution >= 4 is 27.3 Å². The molecule has 0 fully saturated rings. The maximum absolute atomic E-state index is 13.1. The van der Waals surface area contributed by atoms with E-state index in [1.807, 2.05) is 6.07 Å². The maximum Gasteiger partial charge on any atom is 0.416 e. The Balaban J connectivity index is 1.53. The number of amides is 2. The first-order chi connectivity index (χ1) is 18.9. The zero-order chi connectivity index (χ0) is 29.1. The summed E-state index contributed by atoms with van der Waals surface area (Å²) in [6.07, 6.45) is -4.59. The molecule has 0 radical (unpaired) electrons. The van der Waals surface area contributed by atoms with Crippen LogP contribution in [0.1, 0.15) is 51.2 Å². The number of halogens is 3. The number of nitrogens with one attached hydrogen (secondary N) is 1. The van der Waals surface area contributed by atoms with E-state index in [1.54, 1.807) is 12.1 Å². The Morgan fingerprint density at radius 2 is 1.70 bits per heavy atom. The van der Waals surface area contributed by atoms with Gasteiger partial charge in [0.15, 0.2) is 9.84 Å². The average Bonchev–Trinajstić information content (AvgIpc) is 2.95. The van der Waals surface area contributed by atoms with Gasteiger partial charge in [0.05, 0.1) is 47.0 Å². The SMILES string of the molecule is CCS(=O)(=O)c1ccc(C(CC#N)NC(=O)c2ccc3c(c2)OCCN3C(=O)c2ccc(C(F)(F)F)cc2)cc1. The molecule has 1 unspecified atom stereocenters. The smallest absolute Gasteiger partial charge is 0.416 e. The first-order valence-corrected chi connectivity index (χ1v) is 13.9. The number of nitriles is 1. The summed E-state index contributed by atoms with van der Waals surface area (Å²) in [5.41, 5.74) is 0.302. The highest BCUT2D eigenvalue weighted by molar-refractivity contribution is 7.91. The number of alkyl halides is 3. The first-order valence-electron chi connectivity index (χ1n) is 12.2. The molecule has 3 aromatic rings. The molecule has 1 N–H and O–H groups in total. The van der Waals surface area contributed by atoms with E-state index in [0.717, 1.165) is 24.3 Å². The second-order valence-corrected chi connectivity index (χ2v) is 11.2. The zero-order valence-corrected chi connectivity index (χ0v) is 22.1. The van der Waals surface area contributed by atoms with E-state index in [2.05, 4.69) is 5.32 Å². The number of anilines is 1. The number of ether oxygens (including phenoxy) is 1. The Hall–Kier alpha value is -4.37. The lowest BCUT2D eigenvalue weighted by atomic mass is 10.0. The number of fused-ring (bicyclic) bond motifs is 1. The van der Waals surface area contributed by atoms with E-state index in [9.17, 15) is 36.4 Å². The van der Waals surface area contributed by atoms with Crippen molar-refractivity contribution in [1.82, 2.24) is 5.32 Å². The van der Waals surface area contributed by atoms with Crippen LogP contribution >= 0.6 is 0 Å². The molecule has 208 valence electrons. The minimum absolute atomic E-state index is 0.0571. The van der Waals surface area contributed by atoms with Crippen LogP contribution in [0.3, 0.4) is 0 Å². The number of hydrogen-bond donors (Lipinski definition) is 1. The number of rotatable bonds is 7. The van der Waals surface area contributed by atoms with Crippen molar-refractivity contribution < 1.29 is 35.9 Å². The summed E-state index contributed by atoms with van der Waals surface area (Å²) in [5.74, 6) is -0.857. The fourth-order valence-electron chi connectivity index (χ4n) is 4.19. The highest BCUT2D eigenvalue weighted by atomic mass is 32.2. The highest BCUT2D eigenvalue weighted by Gasteiger charge is 2.31. The summed E-state index contributed by atoms with van der Waals surface area (Å²) in [6.45, 7) is 1.80. The number of benzene rings is 3. The molecular formula is C28H24F3N3O5S. The molecule has 0 bridgehead atoms. The van der Waals surface area contributed by atoms with Crippen molar-refractivity contribution in [3.05, 3.63) is 89.0 Å². The summed E-state index contributed by atoms with van der Waals surface area (Å²) >= 11 is 0. The van der Waals surface area contributed by atoms with Crippen LogP contribution in [0.2, 0.25) is 0 Å². The van der Waals surface area contributed by atoms with E-state index in [1.165, 1.54) is 42.2 Å². The maximum atomic E-state index is 13.1. The Labute approximate surface area is 228 Å². The predicted molar refractivity (Wildman–Crippen MR) is 140 cm³/mol. The van der Waals surface area contributed by atoms with Crippen LogP contribution in [0, 0.1) is 11.3 Å². The van der Waals surface area contributed by atoms with Crippen LogP contribution in [-0.2, 0) is 16.0 Å². The van der Waals surface area contributed by atoms with Gasteiger partial charge in [-0.25, -0.2) is 8.42 Å². The van der Waals surface area contributed by atoms with Crippen molar-refractivity contribution in [2.45, 2.75) is 30.5 Å². The fraction of sp³-hybridized carbons (Fsp3) is 0.250. The Kier molecular flexibility index (Phi) is 8.16. The minimum Gasteiger partial charge on any atom is -0.490 e. The number of sulfone groups is 1. The van der Waals surface area contributed by atoms with Crippen LogP contribution in [-0.4, -0.2) is 39.1 Å². The first kappa shape index (κ1) is 28.6. The quantitative estimate of drug-likeness (QED) is 0.430. The summed E-state index contributed by atoms with van der Waals surface area (Å²) < 4.78 is 68.5. The molecule has 1 aliphatic rings. The molecule has 0 saturated heterocycles. The second kappa shape index (κ2) is 11.4. The minimum atomic E-state index is -4.52. The van der Waals surface area contributed by atoms with Crippen LogP contribution < -0.4 is 15.0 Å². The van der Waals surface area contributed by atoms with Crippen molar-refractivity contribution in [2.24, 2.45) is 0 Å². The van der Waals surface area contributed by atoms with Crippen LogP contribution in [0.25, 0.3) is 0 Å². The van der Waals surface area contributed by atoms with Crippen molar-refractivity contribution in [2.75, 3.05) is 23.8 Å². The van der Waals surface area contributed by atoms with Crippen LogP contribution in [0.15, 0.2) is 71.6 Å².